The number of hydrogen-bond acceptors (Lipinski definition) is 4. The fourth-order valence-electron chi connectivity index (χ4n) is 1.61. The lowest BCUT2D eigenvalue weighted by Crippen LogP contribution is -2.22. The van der Waals surface area contributed by atoms with Crippen LogP contribution in [0.3, 0.4) is 0 Å². The van der Waals surface area contributed by atoms with Gasteiger partial charge in [0.05, 0.1) is 24.5 Å². The summed E-state index contributed by atoms with van der Waals surface area (Å²) in [5, 5.41) is 2.76. The second kappa shape index (κ2) is 6.38. The molecule has 0 spiro atoms. The highest BCUT2D eigenvalue weighted by Crippen LogP contribution is 2.17. The van der Waals surface area contributed by atoms with Crippen LogP contribution in [0.25, 0.3) is 0 Å². The molecule has 0 aliphatic rings. The molecule has 1 aromatic heterocycles. The Morgan fingerprint density at radius 3 is 2.50 bits per heavy atom. The molecule has 1 heterocycles. The fourth-order valence-corrected chi connectivity index (χ4v) is 2.03. The van der Waals surface area contributed by atoms with Gasteiger partial charge in [-0.05, 0) is 39.7 Å². The molecule has 1 N–H and O–H groups in total. The molecule has 0 bridgehead atoms. The van der Waals surface area contributed by atoms with Crippen molar-refractivity contribution in [1.29, 1.82) is 0 Å². The SMILES string of the molecule is COC(=O)c1ccc(CNC(=O)c2ccoc2Br)cc1. The van der Waals surface area contributed by atoms with Crippen molar-refractivity contribution in [3.05, 3.63) is 58.0 Å². The Hall–Kier alpha value is -2.08. The molecule has 0 unspecified atom stereocenters. The summed E-state index contributed by atoms with van der Waals surface area (Å²) in [5.74, 6) is -0.620. The van der Waals surface area contributed by atoms with Gasteiger partial charge in [-0.2, -0.15) is 0 Å². The van der Waals surface area contributed by atoms with Crippen LogP contribution in [0.1, 0.15) is 26.3 Å². The molecule has 0 radical (unpaired) electrons. The normalized spacial score (nSPS) is 10.1. The average molecular weight is 338 g/mol. The lowest BCUT2D eigenvalue weighted by molar-refractivity contribution is 0.0600. The molecular formula is C14H12BrNO4. The zero-order chi connectivity index (χ0) is 14.5. The van der Waals surface area contributed by atoms with Crippen LogP contribution in [0.4, 0.5) is 0 Å². The quantitative estimate of drug-likeness (QED) is 0.871. The second-order valence-electron chi connectivity index (χ2n) is 3.98. The van der Waals surface area contributed by atoms with Gasteiger partial charge in [-0.15, -0.1) is 0 Å². The summed E-state index contributed by atoms with van der Waals surface area (Å²) in [6, 6.07) is 8.41. The molecule has 0 atom stereocenters. The maximum atomic E-state index is 11.8. The minimum absolute atomic E-state index is 0.234. The minimum Gasteiger partial charge on any atom is -0.465 e. The van der Waals surface area contributed by atoms with Crippen molar-refractivity contribution < 1.29 is 18.7 Å². The molecule has 0 aliphatic carbocycles. The van der Waals surface area contributed by atoms with Crippen LogP contribution in [-0.2, 0) is 11.3 Å². The zero-order valence-electron chi connectivity index (χ0n) is 10.7. The van der Waals surface area contributed by atoms with Crippen LogP contribution in [0, 0.1) is 0 Å². The number of hydrogen-bond donors (Lipinski definition) is 1. The summed E-state index contributed by atoms with van der Waals surface area (Å²) in [7, 11) is 1.33. The maximum Gasteiger partial charge on any atom is 0.337 e. The molecule has 0 aliphatic heterocycles. The number of esters is 1. The number of carbonyl (C=O) groups is 2. The Morgan fingerprint density at radius 2 is 1.95 bits per heavy atom. The van der Waals surface area contributed by atoms with Crippen LogP contribution in [0.5, 0.6) is 0 Å². The van der Waals surface area contributed by atoms with Crippen molar-refractivity contribution >= 4 is 27.8 Å². The molecule has 2 rings (SSSR count). The van der Waals surface area contributed by atoms with Crippen molar-refractivity contribution in [2.75, 3.05) is 7.11 Å². The van der Waals surface area contributed by atoms with E-state index in [9.17, 15) is 9.59 Å². The number of benzene rings is 1. The molecule has 2 aromatic rings. The van der Waals surface area contributed by atoms with E-state index >= 15 is 0 Å². The summed E-state index contributed by atoms with van der Waals surface area (Å²) >= 11 is 3.15. The smallest absolute Gasteiger partial charge is 0.337 e. The van der Waals surface area contributed by atoms with Gasteiger partial charge in [0.1, 0.15) is 0 Å². The first-order chi connectivity index (χ1) is 9.61. The standard InChI is InChI=1S/C14H12BrNO4/c1-19-14(18)10-4-2-9(3-5-10)8-16-13(17)11-6-7-20-12(11)15/h2-7H,8H2,1H3,(H,16,17). The Bertz CT molecular complexity index is 618. The first-order valence-corrected chi connectivity index (χ1v) is 6.59. The highest BCUT2D eigenvalue weighted by atomic mass is 79.9. The summed E-state index contributed by atoms with van der Waals surface area (Å²) < 4.78 is 10.0. The summed E-state index contributed by atoms with van der Waals surface area (Å²) in [4.78, 5) is 23.1. The van der Waals surface area contributed by atoms with Crippen molar-refractivity contribution in [1.82, 2.24) is 5.32 Å². The largest absolute Gasteiger partial charge is 0.465 e. The summed E-state index contributed by atoms with van der Waals surface area (Å²) in [6.07, 6.45) is 1.43. The van der Waals surface area contributed by atoms with Gasteiger partial charge in [0.2, 0.25) is 0 Å². The van der Waals surface area contributed by atoms with E-state index in [0.717, 1.165) is 5.56 Å². The van der Waals surface area contributed by atoms with Gasteiger partial charge in [0.25, 0.3) is 5.91 Å². The first kappa shape index (κ1) is 14.3. The van der Waals surface area contributed by atoms with E-state index in [1.165, 1.54) is 13.4 Å². The predicted octanol–water partition coefficient (Wildman–Crippen LogP) is 2.76. The summed E-state index contributed by atoms with van der Waals surface area (Å²) in [5.41, 5.74) is 1.79. The third kappa shape index (κ3) is 3.27. The van der Waals surface area contributed by atoms with Gasteiger partial charge < -0.3 is 14.5 Å². The van der Waals surface area contributed by atoms with Crippen LogP contribution in [-0.4, -0.2) is 19.0 Å². The molecule has 0 saturated carbocycles. The topological polar surface area (TPSA) is 68.5 Å². The second-order valence-corrected chi connectivity index (χ2v) is 4.70. The number of nitrogens with one attached hydrogen (secondary N) is 1. The first-order valence-electron chi connectivity index (χ1n) is 5.80. The van der Waals surface area contributed by atoms with E-state index < -0.39 is 0 Å². The number of halogens is 1. The number of amides is 1. The lowest BCUT2D eigenvalue weighted by atomic mass is 10.1. The fraction of sp³-hybridized carbons (Fsp3) is 0.143. The van der Waals surface area contributed by atoms with Crippen LogP contribution in [0.15, 0.2) is 45.7 Å². The number of ether oxygens (including phenoxy) is 1. The third-order valence-electron chi connectivity index (χ3n) is 2.69. The van der Waals surface area contributed by atoms with Gasteiger partial charge in [-0.3, -0.25) is 4.79 Å². The molecule has 5 nitrogen and oxygen atoms in total. The predicted molar refractivity (Wildman–Crippen MR) is 75.4 cm³/mol. The van der Waals surface area contributed by atoms with E-state index in [2.05, 4.69) is 26.0 Å². The molecule has 20 heavy (non-hydrogen) atoms. The van der Waals surface area contributed by atoms with Crippen molar-refractivity contribution in [2.24, 2.45) is 0 Å². The van der Waals surface area contributed by atoms with Gasteiger partial charge in [0.15, 0.2) is 4.67 Å². The highest BCUT2D eigenvalue weighted by molar-refractivity contribution is 9.10. The van der Waals surface area contributed by atoms with E-state index in [1.807, 2.05) is 0 Å². The molecular weight excluding hydrogens is 326 g/mol. The maximum absolute atomic E-state index is 11.8. The Morgan fingerprint density at radius 1 is 1.25 bits per heavy atom. The van der Waals surface area contributed by atoms with Gasteiger partial charge in [-0.25, -0.2) is 4.79 Å². The molecule has 0 saturated heterocycles. The van der Waals surface area contributed by atoms with E-state index in [4.69, 9.17) is 4.42 Å². The van der Waals surface area contributed by atoms with Gasteiger partial charge >= 0.3 is 5.97 Å². The van der Waals surface area contributed by atoms with E-state index in [1.54, 1.807) is 30.3 Å². The van der Waals surface area contributed by atoms with E-state index in [-0.39, 0.29) is 11.9 Å². The lowest BCUT2D eigenvalue weighted by Gasteiger charge is -2.05. The number of furan rings is 1. The van der Waals surface area contributed by atoms with E-state index in [0.29, 0.717) is 22.3 Å². The van der Waals surface area contributed by atoms with Gasteiger partial charge in [-0.1, -0.05) is 12.1 Å². The molecule has 6 heteroatoms. The highest BCUT2D eigenvalue weighted by Gasteiger charge is 2.12. The molecule has 1 aromatic carbocycles. The van der Waals surface area contributed by atoms with Crippen molar-refractivity contribution in [3.8, 4) is 0 Å². The Balaban J connectivity index is 1.96. The summed E-state index contributed by atoms with van der Waals surface area (Å²) in [6.45, 7) is 0.359. The van der Waals surface area contributed by atoms with Crippen molar-refractivity contribution in [2.45, 2.75) is 6.54 Å². The van der Waals surface area contributed by atoms with Crippen LogP contribution in [0.2, 0.25) is 0 Å². The minimum atomic E-state index is -0.386. The molecule has 0 fully saturated rings. The molecule has 1 amide bonds. The number of carbonyl (C=O) groups excluding carboxylic acids is 2. The molecule has 104 valence electrons. The Kier molecular flexibility index (Phi) is 4.57. The number of methoxy groups -OCH3 is 1. The van der Waals surface area contributed by atoms with Gasteiger partial charge in [0, 0.05) is 6.54 Å². The average Bonchev–Trinajstić information content (AvgIpc) is 2.90. The Labute approximate surface area is 124 Å². The third-order valence-corrected chi connectivity index (χ3v) is 3.30. The monoisotopic (exact) mass is 337 g/mol. The van der Waals surface area contributed by atoms with Crippen LogP contribution < -0.4 is 5.32 Å². The van der Waals surface area contributed by atoms with Crippen molar-refractivity contribution in [3.63, 3.8) is 0 Å². The van der Waals surface area contributed by atoms with Crippen LogP contribution >= 0.6 is 15.9 Å². The number of rotatable bonds is 4. The zero-order valence-corrected chi connectivity index (χ0v) is 12.3.